The Morgan fingerprint density at radius 3 is 1.18 bits per heavy atom. The van der Waals surface area contributed by atoms with E-state index >= 15 is 0 Å². The van der Waals surface area contributed by atoms with E-state index in [9.17, 15) is 0 Å². The van der Waals surface area contributed by atoms with Gasteiger partial charge in [-0.25, -0.2) is 0 Å². The Labute approximate surface area is 405 Å². The molecule has 0 aromatic rings. The second-order valence-electron chi connectivity index (χ2n) is 31.5. The van der Waals surface area contributed by atoms with Gasteiger partial charge in [0, 0.05) is 0 Å². The van der Waals surface area contributed by atoms with Gasteiger partial charge in [0.2, 0.25) is 0 Å². The average Bonchev–Trinajstić information content (AvgIpc) is 4.14. The topological polar surface area (TPSA) is 0 Å². The Morgan fingerprint density at radius 2 is 0.712 bits per heavy atom. The molecule has 362 valence electrons. The van der Waals surface area contributed by atoms with Crippen LogP contribution in [0.5, 0.6) is 0 Å². The SMILES string of the molecule is CCCCC1CC2CC1C1C3CC(C21)C(C1C(C)C2CC1C1C4CC(C5CC=CC54)C21)C3C.CCCCC1CC2CC1C1C3CC(C21)C(C1C(C)C2CC1C1C4CC(C5CCCC54)C21)C3C. The largest absolute Gasteiger partial charge is 0.0879 e. The Bertz CT molecular complexity index is 1960. The van der Waals surface area contributed by atoms with Crippen LogP contribution in [0.1, 0.15) is 170 Å². The first-order valence-electron chi connectivity index (χ1n) is 32.0. The van der Waals surface area contributed by atoms with Crippen LogP contribution >= 0.6 is 0 Å². The quantitative estimate of drug-likeness (QED) is 0.168. The lowest BCUT2D eigenvalue weighted by molar-refractivity contribution is -0.0522. The first-order valence-corrected chi connectivity index (χ1v) is 32.0. The summed E-state index contributed by atoms with van der Waals surface area (Å²) in [7, 11) is 0. The van der Waals surface area contributed by atoms with Crippen LogP contribution in [0, 0.1) is 225 Å². The van der Waals surface area contributed by atoms with E-state index in [1.54, 1.807) is 96.3 Å². The van der Waals surface area contributed by atoms with Crippen LogP contribution in [-0.2, 0) is 0 Å². The van der Waals surface area contributed by atoms with Crippen LogP contribution in [0.4, 0.5) is 0 Å². The third kappa shape index (κ3) is 4.84. The van der Waals surface area contributed by atoms with Gasteiger partial charge in [0.15, 0.2) is 0 Å². The summed E-state index contributed by atoms with van der Waals surface area (Å²) in [5.41, 5.74) is 0. The van der Waals surface area contributed by atoms with Crippen molar-refractivity contribution in [3.8, 4) is 0 Å². The highest BCUT2D eigenvalue weighted by atomic mass is 14.8. The highest BCUT2D eigenvalue weighted by Gasteiger charge is 2.76. The predicted octanol–water partition coefficient (Wildman–Crippen LogP) is 16.1. The molecule has 0 spiro atoms. The molecular weight excluding hydrogens is 793 g/mol. The van der Waals surface area contributed by atoms with Crippen molar-refractivity contribution in [2.45, 2.75) is 170 Å². The smallest absolute Gasteiger partial charge is 0.0168 e. The number of rotatable bonds is 8. The minimum atomic E-state index is 1.01. The zero-order valence-corrected chi connectivity index (χ0v) is 43.2. The van der Waals surface area contributed by atoms with Crippen molar-refractivity contribution in [1.29, 1.82) is 0 Å². The van der Waals surface area contributed by atoms with E-state index in [0.29, 0.717) is 0 Å². The summed E-state index contributed by atoms with van der Waals surface area (Å²) in [5.74, 6) is 43.5. The van der Waals surface area contributed by atoms with Gasteiger partial charge in [-0.3, -0.25) is 0 Å². The Kier molecular flexibility index (Phi) is 8.92. The second kappa shape index (κ2) is 14.3. The lowest BCUT2D eigenvalue weighted by Gasteiger charge is -2.52. The Morgan fingerprint density at radius 1 is 0.333 bits per heavy atom. The van der Waals surface area contributed by atoms with Crippen LogP contribution < -0.4 is 0 Å². The van der Waals surface area contributed by atoms with Crippen molar-refractivity contribution in [1.82, 2.24) is 0 Å². The fourth-order valence-electron chi connectivity index (χ4n) is 31.2. The second-order valence-corrected chi connectivity index (χ2v) is 31.5. The molecule has 38 atom stereocenters. The molecule has 0 N–H and O–H groups in total. The molecule has 0 nitrogen and oxygen atoms in total. The lowest BCUT2D eigenvalue weighted by Crippen LogP contribution is -2.48. The summed E-state index contributed by atoms with van der Waals surface area (Å²) in [6, 6.07) is 0. The van der Waals surface area contributed by atoms with Gasteiger partial charge in [0.25, 0.3) is 0 Å². The minimum absolute atomic E-state index is 1.01. The molecule has 18 aliphatic carbocycles. The fraction of sp³-hybridized carbons (Fsp3) is 0.970. The van der Waals surface area contributed by atoms with Gasteiger partial charge in [-0.1, -0.05) is 98.6 Å². The number of allylic oxidation sites excluding steroid dienone is 2. The van der Waals surface area contributed by atoms with Gasteiger partial charge in [-0.15, -0.1) is 0 Å². The van der Waals surface area contributed by atoms with Crippen LogP contribution in [0.25, 0.3) is 0 Å². The molecule has 17 saturated carbocycles. The summed E-state index contributed by atoms with van der Waals surface area (Å²) in [6.45, 7) is 16.0. The molecule has 18 rings (SSSR count). The summed E-state index contributed by atoms with van der Waals surface area (Å²) in [5, 5.41) is 0. The van der Waals surface area contributed by atoms with E-state index in [1.807, 2.05) is 0 Å². The molecular formula is C66H98. The first kappa shape index (κ1) is 41.2. The molecule has 0 heterocycles. The van der Waals surface area contributed by atoms with Crippen LogP contribution in [0.15, 0.2) is 12.2 Å². The number of hydrogen-bond acceptors (Lipinski definition) is 0. The third-order valence-electron chi connectivity index (χ3n) is 31.5. The Balaban J connectivity index is 0.000000113. The standard InChI is InChI=1S/C33H50.C33H48/c2*1-4-5-7-17-10-18-11-23(17)31-21-12-26(30(18)31)28(15(21)2)29-16(3)22-13-27(29)33-25-14-24(32(22)33)19-8-6-9-20(19)25/h15-33H,4-14H2,1-3H3;6,9,15-33H,4-5,7-8,10-14H2,1-3H3. The number of hydrogen-bond donors (Lipinski definition) is 0. The predicted molar refractivity (Wildman–Crippen MR) is 268 cm³/mol. The van der Waals surface area contributed by atoms with Gasteiger partial charge < -0.3 is 0 Å². The van der Waals surface area contributed by atoms with Crippen LogP contribution in [0.3, 0.4) is 0 Å². The highest BCUT2D eigenvalue weighted by molar-refractivity contribution is 5.25. The maximum absolute atomic E-state index is 2.79. The first-order chi connectivity index (χ1) is 32.3. The zero-order chi connectivity index (χ0) is 43.5. The molecule has 0 aliphatic heterocycles. The van der Waals surface area contributed by atoms with E-state index < -0.39 is 0 Å². The molecule has 18 aliphatic rings. The molecule has 17 fully saturated rings. The van der Waals surface area contributed by atoms with Crippen molar-refractivity contribution in [2.75, 3.05) is 0 Å². The van der Waals surface area contributed by atoms with E-state index in [-0.39, 0.29) is 0 Å². The van der Waals surface area contributed by atoms with Crippen molar-refractivity contribution >= 4 is 0 Å². The lowest BCUT2D eigenvalue weighted by atomic mass is 9.52. The van der Waals surface area contributed by atoms with Crippen molar-refractivity contribution in [3.63, 3.8) is 0 Å². The summed E-state index contributed by atoms with van der Waals surface area (Å²) >= 11 is 0. The molecule has 0 aromatic carbocycles. The maximum atomic E-state index is 2.79. The van der Waals surface area contributed by atoms with E-state index in [0.717, 1.165) is 154 Å². The van der Waals surface area contributed by atoms with Crippen molar-refractivity contribution in [3.05, 3.63) is 12.2 Å². The molecule has 0 aromatic heterocycles. The molecule has 16 bridgehead atoms. The molecule has 0 heteroatoms. The number of fused-ring (bicyclic) bond motifs is 42. The molecule has 0 amide bonds. The molecule has 0 saturated heterocycles. The maximum Gasteiger partial charge on any atom is -0.0168 e. The van der Waals surface area contributed by atoms with Gasteiger partial charge in [-0.05, 0) is 308 Å². The molecule has 38 unspecified atom stereocenters. The summed E-state index contributed by atoms with van der Waals surface area (Å²) in [4.78, 5) is 0. The zero-order valence-electron chi connectivity index (χ0n) is 43.2. The monoisotopic (exact) mass is 891 g/mol. The van der Waals surface area contributed by atoms with Crippen molar-refractivity contribution < 1.29 is 0 Å². The van der Waals surface area contributed by atoms with Gasteiger partial charge in [0.1, 0.15) is 0 Å². The number of unbranched alkanes of at least 4 members (excludes halogenated alkanes) is 2. The highest BCUT2D eigenvalue weighted by Crippen LogP contribution is 2.82. The average molecular weight is 892 g/mol. The third-order valence-corrected chi connectivity index (χ3v) is 31.5. The van der Waals surface area contributed by atoms with Gasteiger partial charge in [0.05, 0.1) is 0 Å². The van der Waals surface area contributed by atoms with Crippen LogP contribution in [-0.4, -0.2) is 0 Å². The fourth-order valence-corrected chi connectivity index (χ4v) is 31.2. The van der Waals surface area contributed by atoms with E-state index in [4.69, 9.17) is 0 Å². The molecule has 0 radical (unpaired) electrons. The Hall–Kier alpha value is -0.260. The summed E-state index contributed by atoms with van der Waals surface area (Å²) in [6.07, 6.45) is 37.2. The van der Waals surface area contributed by atoms with Gasteiger partial charge >= 0.3 is 0 Å². The minimum Gasteiger partial charge on any atom is -0.0879 e. The normalized spacial score (nSPS) is 69.1. The van der Waals surface area contributed by atoms with E-state index in [2.05, 4.69) is 53.7 Å². The van der Waals surface area contributed by atoms with E-state index in [1.165, 1.54) is 103 Å². The van der Waals surface area contributed by atoms with Gasteiger partial charge in [-0.2, -0.15) is 0 Å². The molecule has 66 heavy (non-hydrogen) atoms. The van der Waals surface area contributed by atoms with Crippen molar-refractivity contribution in [2.24, 2.45) is 225 Å². The van der Waals surface area contributed by atoms with Crippen LogP contribution in [0.2, 0.25) is 0 Å². The summed E-state index contributed by atoms with van der Waals surface area (Å²) < 4.78 is 0.